The maximum absolute atomic E-state index is 12.4. The summed E-state index contributed by atoms with van der Waals surface area (Å²) in [5, 5.41) is 0. The number of hydrogen-bond donors (Lipinski definition) is 0. The average molecular weight is 254 g/mol. The predicted molar refractivity (Wildman–Crippen MR) is 34.8 cm³/mol. The Kier molecular flexibility index (Phi) is 2.90. The molecule has 0 radical (unpaired) electrons. The van der Waals surface area contributed by atoms with Gasteiger partial charge in [0, 0.05) is 0 Å². The van der Waals surface area contributed by atoms with Crippen molar-refractivity contribution in [1.82, 2.24) is 0 Å². The van der Waals surface area contributed by atoms with Gasteiger partial charge >= 0.3 is 70.6 Å². The maximum atomic E-state index is 12.4. The second-order valence-electron chi connectivity index (χ2n) is 1.95. The van der Waals surface area contributed by atoms with Crippen molar-refractivity contribution in [2.24, 2.45) is 0 Å². The monoisotopic (exact) mass is 254 g/mol. The van der Waals surface area contributed by atoms with Crippen molar-refractivity contribution in [3.63, 3.8) is 0 Å². The van der Waals surface area contributed by atoms with Gasteiger partial charge in [0.25, 0.3) is 0 Å². The summed E-state index contributed by atoms with van der Waals surface area (Å²) in [7, 11) is 0. The Hall–Kier alpha value is 0.220. The van der Waals surface area contributed by atoms with Crippen molar-refractivity contribution in [3.05, 3.63) is 0 Å². The van der Waals surface area contributed by atoms with Crippen molar-refractivity contribution in [1.29, 1.82) is 0 Å². The quantitative estimate of drug-likeness (QED) is 0.485. The molecule has 0 amide bonds. The molecule has 10 heteroatoms. The molecule has 0 atom stereocenters. The van der Waals surface area contributed by atoms with E-state index in [1.54, 1.807) is 0 Å². The standard InChI is InChI=1S/C3H3F8PS/c1-13-12(10,11,2(4,5)6)3(7,8)9/h1H3. The van der Waals surface area contributed by atoms with Gasteiger partial charge in [-0.25, -0.2) is 0 Å². The SMILES string of the molecule is CSP(F)(F)(C(F)(F)F)C(F)(F)F. The Morgan fingerprint density at radius 2 is 1.08 bits per heavy atom. The molecule has 0 aromatic carbocycles. The zero-order valence-electron chi connectivity index (χ0n) is 5.88. The molecule has 0 aliphatic carbocycles. The van der Waals surface area contributed by atoms with Gasteiger partial charge in [-0.05, 0) is 0 Å². The zero-order valence-corrected chi connectivity index (χ0v) is 7.59. The summed E-state index contributed by atoms with van der Waals surface area (Å²) >= 11 is -1.46. The van der Waals surface area contributed by atoms with Crippen LogP contribution in [0.5, 0.6) is 0 Å². The third kappa shape index (κ3) is 1.60. The molecule has 0 N–H and O–H groups in total. The van der Waals surface area contributed by atoms with Gasteiger partial charge in [-0.2, -0.15) is 0 Å². The first-order valence-corrected chi connectivity index (χ1v) is 6.36. The number of alkyl halides is 6. The van der Waals surface area contributed by atoms with Crippen LogP contribution in [0.2, 0.25) is 0 Å². The average Bonchev–Trinajstić information content (AvgIpc) is 1.83. The molecule has 0 saturated carbocycles. The second-order valence-corrected chi connectivity index (χ2v) is 8.02. The predicted octanol–water partition coefficient (Wildman–Crippen LogP) is 4.63. The Balaban J connectivity index is 5.50. The number of halogens is 8. The zero-order chi connectivity index (χ0) is 11.2. The molecule has 0 bridgehead atoms. The van der Waals surface area contributed by atoms with Crippen LogP contribution in [0, 0.1) is 0 Å². The van der Waals surface area contributed by atoms with Crippen LogP contribution in [0.3, 0.4) is 0 Å². The van der Waals surface area contributed by atoms with E-state index in [1.807, 2.05) is 0 Å². The third-order valence-electron chi connectivity index (χ3n) is 1.16. The molecule has 0 spiro atoms. The fraction of sp³-hybridized carbons (Fsp3) is 1.00. The molecule has 0 nitrogen and oxygen atoms in total. The van der Waals surface area contributed by atoms with Crippen molar-refractivity contribution in [3.8, 4) is 0 Å². The van der Waals surface area contributed by atoms with Crippen LogP contribution in [0.15, 0.2) is 0 Å². The van der Waals surface area contributed by atoms with Crippen molar-refractivity contribution >= 4 is 17.8 Å². The van der Waals surface area contributed by atoms with E-state index in [2.05, 4.69) is 0 Å². The molecule has 0 fully saturated rings. The minimum atomic E-state index is -8.69. The second kappa shape index (κ2) is 2.85. The normalized spacial score (nSPS) is 18.1. The van der Waals surface area contributed by atoms with E-state index in [0.29, 0.717) is 0 Å². The molecular formula is C3H3F8PS. The van der Waals surface area contributed by atoms with Crippen LogP contribution in [0.1, 0.15) is 0 Å². The third-order valence-corrected chi connectivity index (χ3v) is 6.66. The van der Waals surface area contributed by atoms with E-state index in [9.17, 15) is 34.7 Å². The summed E-state index contributed by atoms with van der Waals surface area (Å²) < 4.78 is 94.1. The van der Waals surface area contributed by atoms with Gasteiger partial charge in [0.05, 0.1) is 0 Å². The fourth-order valence-electron chi connectivity index (χ4n) is 0.351. The van der Waals surface area contributed by atoms with E-state index >= 15 is 0 Å². The Bertz CT molecular complexity index is 184. The first-order chi connectivity index (χ1) is 5.36. The molecule has 0 aromatic heterocycles. The van der Waals surface area contributed by atoms with E-state index in [-0.39, 0.29) is 6.26 Å². The van der Waals surface area contributed by atoms with Crippen LogP contribution in [0.25, 0.3) is 0 Å². The van der Waals surface area contributed by atoms with Crippen molar-refractivity contribution in [2.45, 2.75) is 11.8 Å². The molecule has 82 valence electrons. The van der Waals surface area contributed by atoms with Gasteiger partial charge < -0.3 is 0 Å². The molecular weight excluding hydrogens is 251 g/mol. The molecule has 0 aromatic rings. The van der Waals surface area contributed by atoms with Crippen LogP contribution in [-0.4, -0.2) is 18.1 Å². The minimum absolute atomic E-state index is 0.0960. The van der Waals surface area contributed by atoms with E-state index < -0.39 is 29.6 Å². The van der Waals surface area contributed by atoms with Crippen LogP contribution >= 0.6 is 17.8 Å². The summed E-state index contributed by atoms with van der Waals surface area (Å²) in [6, 6.07) is 0. The first kappa shape index (κ1) is 13.2. The molecule has 0 heterocycles. The van der Waals surface area contributed by atoms with E-state index in [4.69, 9.17) is 0 Å². The van der Waals surface area contributed by atoms with Crippen LogP contribution in [-0.2, 0) is 0 Å². The fourth-order valence-corrected chi connectivity index (χ4v) is 2.29. The van der Waals surface area contributed by atoms with Gasteiger partial charge in [-0.1, -0.05) is 0 Å². The van der Waals surface area contributed by atoms with Gasteiger partial charge in [0.2, 0.25) is 0 Å². The number of hydrogen-bond acceptors (Lipinski definition) is 1. The van der Waals surface area contributed by atoms with Crippen LogP contribution in [0.4, 0.5) is 34.7 Å². The van der Waals surface area contributed by atoms with Gasteiger partial charge in [-0.3, -0.25) is 0 Å². The van der Waals surface area contributed by atoms with Crippen molar-refractivity contribution < 1.29 is 34.7 Å². The van der Waals surface area contributed by atoms with E-state index in [1.165, 1.54) is 0 Å². The molecule has 0 aliphatic heterocycles. The summed E-state index contributed by atoms with van der Waals surface area (Å²) in [5.74, 6) is -13.1. The summed E-state index contributed by atoms with van der Waals surface area (Å²) in [5.41, 5.74) is 0. The van der Waals surface area contributed by atoms with E-state index in [0.717, 1.165) is 0 Å². The topological polar surface area (TPSA) is 0 Å². The van der Waals surface area contributed by atoms with Gasteiger partial charge in [-0.15, -0.1) is 0 Å². The Labute approximate surface area is 71.6 Å². The van der Waals surface area contributed by atoms with Gasteiger partial charge in [0.1, 0.15) is 0 Å². The summed E-state index contributed by atoms with van der Waals surface area (Å²) in [4.78, 5) is 0. The summed E-state index contributed by atoms with van der Waals surface area (Å²) in [6.07, 6.45) is -8.59. The molecule has 0 saturated heterocycles. The molecule has 13 heavy (non-hydrogen) atoms. The van der Waals surface area contributed by atoms with Crippen LogP contribution < -0.4 is 0 Å². The van der Waals surface area contributed by atoms with Crippen molar-refractivity contribution in [2.75, 3.05) is 6.26 Å². The first-order valence-electron chi connectivity index (χ1n) is 2.51. The number of rotatable bonds is 1. The molecule has 0 rings (SSSR count). The Morgan fingerprint density at radius 3 is 1.08 bits per heavy atom. The molecule has 0 unspecified atom stereocenters. The van der Waals surface area contributed by atoms with Gasteiger partial charge in [0.15, 0.2) is 0 Å². The summed E-state index contributed by atoms with van der Waals surface area (Å²) in [6.45, 7) is 0. The Morgan fingerprint density at radius 1 is 0.846 bits per heavy atom. The molecule has 0 aliphatic rings.